The van der Waals surface area contributed by atoms with E-state index in [2.05, 4.69) is 10.6 Å². The number of rotatable bonds is 24. The highest BCUT2D eigenvalue weighted by Gasteiger charge is 1.94. The summed E-state index contributed by atoms with van der Waals surface area (Å²) in [4.78, 5) is 10.1. The van der Waals surface area contributed by atoms with Gasteiger partial charge < -0.3 is 43.8 Å². The molecule has 0 aliphatic heterocycles. The van der Waals surface area contributed by atoms with Gasteiger partial charge in [-0.25, -0.2) is 0 Å². The number of methoxy groups -OCH3 is 1. The molecule has 0 aliphatic carbocycles. The van der Waals surface area contributed by atoms with Gasteiger partial charge in [0.1, 0.15) is 6.29 Å². The van der Waals surface area contributed by atoms with Crippen molar-refractivity contribution in [3.8, 4) is 0 Å². The van der Waals surface area contributed by atoms with Crippen LogP contribution in [0.1, 0.15) is 6.42 Å². The Labute approximate surface area is 163 Å². The van der Waals surface area contributed by atoms with Crippen LogP contribution in [-0.2, 0) is 33.2 Å². The van der Waals surface area contributed by atoms with Gasteiger partial charge in [-0.15, -0.1) is 0 Å². The van der Waals surface area contributed by atoms with Crippen molar-refractivity contribution in [3.63, 3.8) is 0 Å². The monoisotopic (exact) mass is 394 g/mol. The van der Waals surface area contributed by atoms with Gasteiger partial charge in [0.25, 0.3) is 0 Å². The van der Waals surface area contributed by atoms with Crippen molar-refractivity contribution >= 4 is 6.29 Å². The Morgan fingerprint density at radius 2 is 0.926 bits per heavy atom. The molecule has 162 valence electrons. The fraction of sp³-hybridized carbons (Fsp3) is 0.944. The van der Waals surface area contributed by atoms with Gasteiger partial charge in [-0.1, -0.05) is 0 Å². The van der Waals surface area contributed by atoms with Crippen LogP contribution in [0.15, 0.2) is 0 Å². The Kier molecular flexibility index (Phi) is 24.7. The SMILES string of the molecule is COCCNCCOCCNCCOCCOCCOCCOCCC=O. The standard InChI is InChI=1S/C18H38N2O7/c1-22-9-3-19-4-10-24-11-5-20-6-12-25-14-16-27-18-17-26-15-13-23-8-2-7-21/h7,19-20H,2-6,8-18H2,1H3. The van der Waals surface area contributed by atoms with E-state index >= 15 is 0 Å². The summed E-state index contributed by atoms with van der Waals surface area (Å²) in [6.45, 7) is 9.72. The Bertz CT molecular complexity index is 286. The van der Waals surface area contributed by atoms with E-state index in [0.29, 0.717) is 72.5 Å². The van der Waals surface area contributed by atoms with Gasteiger partial charge in [0, 0.05) is 39.7 Å². The van der Waals surface area contributed by atoms with Gasteiger partial charge in [-0.05, 0) is 0 Å². The van der Waals surface area contributed by atoms with Crippen LogP contribution in [0.4, 0.5) is 0 Å². The van der Waals surface area contributed by atoms with Crippen molar-refractivity contribution in [2.24, 2.45) is 0 Å². The molecule has 9 heteroatoms. The lowest BCUT2D eigenvalue weighted by Gasteiger charge is -2.08. The van der Waals surface area contributed by atoms with Gasteiger partial charge in [-0.3, -0.25) is 0 Å². The normalized spacial score (nSPS) is 11.1. The maximum absolute atomic E-state index is 10.1. The zero-order chi connectivity index (χ0) is 19.7. The summed E-state index contributed by atoms with van der Waals surface area (Å²) in [5, 5.41) is 6.48. The second-order valence-corrected chi connectivity index (χ2v) is 5.51. The summed E-state index contributed by atoms with van der Waals surface area (Å²) in [7, 11) is 1.69. The molecule has 0 heterocycles. The number of carbonyl (C=O) groups excluding carboxylic acids is 1. The van der Waals surface area contributed by atoms with E-state index < -0.39 is 0 Å². The molecule has 0 radical (unpaired) electrons. The fourth-order valence-corrected chi connectivity index (χ4v) is 1.85. The predicted octanol–water partition coefficient (Wildman–Crippen LogP) is -0.516. The molecule has 0 unspecified atom stereocenters. The van der Waals surface area contributed by atoms with E-state index in [1.807, 2.05) is 0 Å². The molecule has 0 saturated heterocycles. The molecule has 27 heavy (non-hydrogen) atoms. The third-order valence-corrected chi connectivity index (χ3v) is 3.25. The molecule has 9 nitrogen and oxygen atoms in total. The topological polar surface area (TPSA) is 96.5 Å². The molecule has 0 spiro atoms. The lowest BCUT2D eigenvalue weighted by Crippen LogP contribution is -2.27. The van der Waals surface area contributed by atoms with Crippen molar-refractivity contribution in [3.05, 3.63) is 0 Å². The second kappa shape index (κ2) is 25.4. The number of carbonyl (C=O) groups is 1. The zero-order valence-electron chi connectivity index (χ0n) is 16.7. The molecular weight excluding hydrogens is 356 g/mol. The maximum Gasteiger partial charge on any atom is 0.122 e. The van der Waals surface area contributed by atoms with Crippen molar-refractivity contribution in [1.82, 2.24) is 10.6 Å². The average molecular weight is 395 g/mol. The summed E-state index contributed by atoms with van der Waals surface area (Å²) in [5.41, 5.74) is 0. The summed E-state index contributed by atoms with van der Waals surface area (Å²) < 4.78 is 31.8. The first-order valence-corrected chi connectivity index (χ1v) is 9.64. The number of hydrogen-bond acceptors (Lipinski definition) is 9. The van der Waals surface area contributed by atoms with Crippen LogP contribution < -0.4 is 10.6 Å². The number of ether oxygens (including phenoxy) is 6. The van der Waals surface area contributed by atoms with Gasteiger partial charge in [0.15, 0.2) is 0 Å². The first-order chi connectivity index (χ1) is 13.4. The van der Waals surface area contributed by atoms with Crippen LogP contribution in [0.25, 0.3) is 0 Å². The quantitative estimate of drug-likeness (QED) is 0.166. The van der Waals surface area contributed by atoms with E-state index in [4.69, 9.17) is 28.4 Å². The van der Waals surface area contributed by atoms with Crippen LogP contribution >= 0.6 is 0 Å². The molecule has 0 aromatic heterocycles. The lowest BCUT2D eigenvalue weighted by atomic mass is 10.5. The van der Waals surface area contributed by atoms with Crippen molar-refractivity contribution < 1.29 is 33.2 Å². The molecule has 0 aliphatic rings. The van der Waals surface area contributed by atoms with Crippen LogP contribution in [0.3, 0.4) is 0 Å². The molecule has 0 saturated carbocycles. The molecule has 0 rings (SSSR count). The zero-order valence-corrected chi connectivity index (χ0v) is 16.7. The minimum Gasteiger partial charge on any atom is -0.383 e. The average Bonchev–Trinajstić information content (AvgIpc) is 2.68. The molecule has 0 fully saturated rings. The molecule has 0 aromatic carbocycles. The highest BCUT2D eigenvalue weighted by molar-refractivity contribution is 5.49. The Balaban J connectivity index is 2.96. The highest BCUT2D eigenvalue weighted by atomic mass is 16.6. The summed E-state index contributed by atoms with van der Waals surface area (Å²) in [6.07, 6.45) is 1.27. The maximum atomic E-state index is 10.1. The fourth-order valence-electron chi connectivity index (χ4n) is 1.85. The van der Waals surface area contributed by atoms with E-state index in [-0.39, 0.29) is 0 Å². The molecule has 0 bridgehead atoms. The lowest BCUT2D eigenvalue weighted by molar-refractivity contribution is -0.108. The summed E-state index contributed by atoms with van der Waals surface area (Å²) in [6, 6.07) is 0. The van der Waals surface area contributed by atoms with E-state index in [0.717, 1.165) is 39.1 Å². The van der Waals surface area contributed by atoms with Crippen LogP contribution in [0.5, 0.6) is 0 Å². The Morgan fingerprint density at radius 1 is 0.556 bits per heavy atom. The molecule has 2 N–H and O–H groups in total. The van der Waals surface area contributed by atoms with Gasteiger partial charge in [0.2, 0.25) is 0 Å². The van der Waals surface area contributed by atoms with Gasteiger partial charge in [-0.2, -0.15) is 0 Å². The van der Waals surface area contributed by atoms with Crippen LogP contribution in [0.2, 0.25) is 0 Å². The first-order valence-electron chi connectivity index (χ1n) is 9.64. The highest BCUT2D eigenvalue weighted by Crippen LogP contribution is 1.83. The second-order valence-electron chi connectivity index (χ2n) is 5.51. The van der Waals surface area contributed by atoms with Crippen molar-refractivity contribution in [1.29, 1.82) is 0 Å². The Hall–Kier alpha value is -0.650. The van der Waals surface area contributed by atoms with E-state index in [9.17, 15) is 4.79 Å². The number of aldehydes is 1. The molecule has 0 aromatic rings. The van der Waals surface area contributed by atoms with E-state index in [1.54, 1.807) is 7.11 Å². The minimum absolute atomic E-state index is 0.430. The molecular formula is C18H38N2O7. The molecule has 0 amide bonds. The smallest absolute Gasteiger partial charge is 0.122 e. The minimum atomic E-state index is 0.430. The summed E-state index contributed by atoms with van der Waals surface area (Å²) in [5.74, 6) is 0. The van der Waals surface area contributed by atoms with Crippen LogP contribution in [-0.4, -0.2) is 112 Å². The first kappa shape index (κ1) is 26.4. The van der Waals surface area contributed by atoms with Crippen LogP contribution in [0, 0.1) is 0 Å². The molecule has 0 atom stereocenters. The number of hydrogen-bond donors (Lipinski definition) is 2. The largest absolute Gasteiger partial charge is 0.383 e. The van der Waals surface area contributed by atoms with Crippen molar-refractivity contribution in [2.75, 3.05) is 106 Å². The van der Waals surface area contributed by atoms with Gasteiger partial charge >= 0.3 is 0 Å². The Morgan fingerprint density at radius 3 is 1.37 bits per heavy atom. The van der Waals surface area contributed by atoms with E-state index in [1.165, 1.54) is 0 Å². The third-order valence-electron chi connectivity index (χ3n) is 3.25. The number of nitrogens with one attached hydrogen (secondary N) is 2. The van der Waals surface area contributed by atoms with Gasteiger partial charge in [0.05, 0.1) is 72.7 Å². The van der Waals surface area contributed by atoms with Crippen molar-refractivity contribution in [2.45, 2.75) is 6.42 Å². The predicted molar refractivity (Wildman–Crippen MR) is 102 cm³/mol. The summed E-state index contributed by atoms with van der Waals surface area (Å²) >= 11 is 0. The third kappa shape index (κ3) is 25.3.